The summed E-state index contributed by atoms with van der Waals surface area (Å²) in [5, 5.41) is 17.0. The van der Waals surface area contributed by atoms with Crippen LogP contribution in [-0.4, -0.2) is 146 Å². The van der Waals surface area contributed by atoms with Crippen LogP contribution in [0.25, 0.3) is 21.6 Å². The number of benzene rings is 2. The Morgan fingerprint density at radius 2 is 1.58 bits per heavy atom. The van der Waals surface area contributed by atoms with Gasteiger partial charge in [-0.3, -0.25) is 24.4 Å². The van der Waals surface area contributed by atoms with Crippen molar-refractivity contribution >= 4 is 34.6 Å². The molecule has 3 aromatic heterocycles. The SMILES string of the molecule is Cc1ncc(CC(=O)c2cccc(C(F)(F)F)c2)cc1-c1cnc(OCCOCCOCCOCCN[C@@H](C(=O)N2C[C@H](O)C[C@H]2C(=O)N[C@@H](C)c2ccc(-c3cncs3)cc2)C(C)(C)C)c(N2CCOCC2)c1. The molecule has 2 aromatic carbocycles. The second-order valence-electron chi connectivity index (χ2n) is 19.4. The number of β-amino-alcohol motifs (C(OH)–C–C–N with tert-alkyl or cyclic N) is 1. The first-order valence-electron chi connectivity index (χ1n) is 24.8. The highest BCUT2D eigenvalue weighted by Gasteiger charge is 2.44. The number of aryl methyl sites for hydroxylation is 1. The number of aliphatic hydroxyl groups excluding tert-OH is 1. The van der Waals surface area contributed by atoms with Gasteiger partial charge >= 0.3 is 6.18 Å². The number of ether oxygens (including phenoxy) is 5. The molecule has 0 spiro atoms. The Morgan fingerprint density at radius 3 is 2.26 bits per heavy atom. The summed E-state index contributed by atoms with van der Waals surface area (Å²) in [6.45, 7) is 14.5. The van der Waals surface area contributed by atoms with E-state index in [4.69, 9.17) is 23.7 Å². The van der Waals surface area contributed by atoms with Gasteiger partial charge in [-0.2, -0.15) is 13.2 Å². The lowest BCUT2D eigenvalue weighted by atomic mass is 9.85. The van der Waals surface area contributed by atoms with E-state index in [-0.39, 0.29) is 56.0 Å². The maximum absolute atomic E-state index is 14.1. The van der Waals surface area contributed by atoms with E-state index in [0.717, 1.165) is 45.0 Å². The highest BCUT2D eigenvalue weighted by Crippen LogP contribution is 2.35. The summed E-state index contributed by atoms with van der Waals surface area (Å²) >= 11 is 1.55. The Bertz CT molecular complexity index is 2630. The molecule has 2 saturated heterocycles. The molecule has 0 aliphatic carbocycles. The Hall–Kier alpha value is -5.87. The van der Waals surface area contributed by atoms with Gasteiger partial charge in [-0.25, -0.2) is 4.98 Å². The lowest BCUT2D eigenvalue weighted by molar-refractivity contribution is -0.142. The highest BCUT2D eigenvalue weighted by atomic mass is 32.1. The number of thiazole rings is 1. The third-order valence-electron chi connectivity index (χ3n) is 12.8. The van der Waals surface area contributed by atoms with E-state index >= 15 is 0 Å². The van der Waals surface area contributed by atoms with Crippen LogP contribution in [0.5, 0.6) is 5.88 Å². The van der Waals surface area contributed by atoms with Crippen LogP contribution in [-0.2, 0) is 41.1 Å². The van der Waals surface area contributed by atoms with E-state index in [0.29, 0.717) is 83.0 Å². The number of pyridine rings is 2. The number of carbonyl (C=O) groups excluding carboxylic acids is 3. The van der Waals surface area contributed by atoms with Crippen molar-refractivity contribution in [2.75, 3.05) is 90.5 Å². The fraction of sp³-hybridized carbons (Fsp3) is 0.481. The molecule has 4 atom stereocenters. The van der Waals surface area contributed by atoms with Crippen molar-refractivity contribution in [2.45, 2.75) is 77.9 Å². The molecule has 3 N–H and O–H groups in total. The van der Waals surface area contributed by atoms with Crippen molar-refractivity contribution in [3.63, 3.8) is 0 Å². The second-order valence-corrected chi connectivity index (χ2v) is 20.2. The first kappa shape index (κ1) is 55.9. The van der Waals surface area contributed by atoms with Crippen LogP contribution in [0.1, 0.15) is 72.9 Å². The molecule has 2 fully saturated rings. The zero-order valence-electron chi connectivity index (χ0n) is 42.5. The maximum atomic E-state index is 14.1. The lowest BCUT2D eigenvalue weighted by Crippen LogP contribution is -2.57. The van der Waals surface area contributed by atoms with E-state index in [9.17, 15) is 32.7 Å². The summed E-state index contributed by atoms with van der Waals surface area (Å²) in [6.07, 6.45) is -0.299. The Labute approximate surface area is 433 Å². The number of rotatable bonds is 24. The van der Waals surface area contributed by atoms with Crippen molar-refractivity contribution in [2.24, 2.45) is 5.41 Å². The van der Waals surface area contributed by atoms with Crippen LogP contribution in [0, 0.1) is 12.3 Å². The van der Waals surface area contributed by atoms with Gasteiger partial charge in [-0.05, 0) is 60.2 Å². The quantitative estimate of drug-likeness (QED) is 0.0419. The van der Waals surface area contributed by atoms with Gasteiger partial charge in [0.15, 0.2) is 5.78 Å². The lowest BCUT2D eigenvalue weighted by Gasteiger charge is -2.35. The number of alkyl halides is 3. The first-order valence-corrected chi connectivity index (χ1v) is 25.7. The summed E-state index contributed by atoms with van der Waals surface area (Å²) in [5.74, 6) is -0.598. The number of nitrogens with zero attached hydrogens (tertiary/aromatic N) is 5. The number of amides is 2. The summed E-state index contributed by atoms with van der Waals surface area (Å²) in [4.78, 5) is 58.7. The van der Waals surface area contributed by atoms with Crippen LogP contribution in [0.4, 0.5) is 18.9 Å². The molecule has 16 nitrogen and oxygen atoms in total. The zero-order chi connectivity index (χ0) is 52.8. The molecular formula is C54H66F3N7O9S. The molecule has 20 heteroatoms. The smallest absolute Gasteiger partial charge is 0.416 e. The molecule has 5 heterocycles. The summed E-state index contributed by atoms with van der Waals surface area (Å²) in [5.41, 5.74) is 5.82. The summed E-state index contributed by atoms with van der Waals surface area (Å²) in [6, 6.07) is 14.4. The van der Waals surface area contributed by atoms with E-state index in [2.05, 4.69) is 30.5 Å². The van der Waals surface area contributed by atoms with Crippen LogP contribution in [0.15, 0.2) is 84.8 Å². The monoisotopic (exact) mass is 1050 g/mol. The number of aromatic nitrogens is 3. The highest BCUT2D eigenvalue weighted by molar-refractivity contribution is 7.13. The van der Waals surface area contributed by atoms with Gasteiger partial charge in [-0.1, -0.05) is 57.2 Å². The van der Waals surface area contributed by atoms with Gasteiger partial charge in [0.25, 0.3) is 0 Å². The molecule has 398 valence electrons. The van der Waals surface area contributed by atoms with E-state index in [1.165, 1.54) is 17.0 Å². The number of Topliss-reactive ketones (excluding diaryl/α,β-unsaturated/α-hetero) is 1. The molecule has 5 aromatic rings. The van der Waals surface area contributed by atoms with E-state index in [1.54, 1.807) is 29.2 Å². The minimum atomic E-state index is -4.56. The molecule has 2 aliphatic rings. The number of carbonyl (C=O) groups is 3. The Morgan fingerprint density at radius 1 is 0.878 bits per heavy atom. The molecule has 0 radical (unpaired) electrons. The molecule has 2 aliphatic heterocycles. The fourth-order valence-corrected chi connectivity index (χ4v) is 9.42. The van der Waals surface area contributed by atoms with E-state index in [1.807, 2.05) is 77.2 Å². The minimum absolute atomic E-state index is 0.0252. The zero-order valence-corrected chi connectivity index (χ0v) is 43.3. The fourth-order valence-electron chi connectivity index (χ4n) is 8.79. The van der Waals surface area contributed by atoms with Gasteiger partial charge in [0, 0.05) is 80.0 Å². The van der Waals surface area contributed by atoms with Crippen molar-refractivity contribution in [1.29, 1.82) is 0 Å². The van der Waals surface area contributed by atoms with Crippen molar-refractivity contribution < 1.29 is 56.3 Å². The molecular weight excluding hydrogens is 980 g/mol. The Kier molecular flexibility index (Phi) is 19.7. The van der Waals surface area contributed by atoms with Gasteiger partial charge < -0.3 is 49.2 Å². The van der Waals surface area contributed by atoms with Crippen LogP contribution in [0.2, 0.25) is 0 Å². The number of hydrogen-bond donors (Lipinski definition) is 3. The molecule has 0 unspecified atom stereocenters. The molecule has 2 amide bonds. The molecule has 0 bridgehead atoms. The van der Waals surface area contributed by atoms with Gasteiger partial charge in [0.1, 0.15) is 18.3 Å². The molecule has 7 rings (SSSR count). The standard InChI is InChI=1S/C54H66F3N7O9S/c1-35(38-9-11-39(12-10-38)48-32-58-34-74-48)62-50(67)45-29-43(65)33-64(45)52(68)49(53(3,4)5)59-13-16-69-19-20-71-21-22-72-23-24-73-51-46(63-14-17-70-18-15-63)28-41(31-61-51)44-25-37(30-60-36(44)2)26-47(66)40-7-6-8-42(27-40)54(55,56)57/h6-12,25,27-28,30-32,34-35,43,45,49,59,65H,13-24,26,29,33H2,1-5H3,(H,62,67)/t35-,43+,45-,49-/m0/s1. The summed E-state index contributed by atoms with van der Waals surface area (Å²) in [7, 11) is 0. The third-order valence-corrected chi connectivity index (χ3v) is 13.6. The Balaban J connectivity index is 0.810. The third kappa shape index (κ3) is 15.4. The molecule has 0 saturated carbocycles. The van der Waals surface area contributed by atoms with E-state index < -0.39 is 41.1 Å². The molecule has 74 heavy (non-hydrogen) atoms. The van der Waals surface area contributed by atoms with Crippen LogP contribution in [0.3, 0.4) is 0 Å². The van der Waals surface area contributed by atoms with Crippen molar-refractivity contribution in [3.8, 4) is 27.4 Å². The number of hydrogen-bond acceptors (Lipinski definition) is 15. The van der Waals surface area contributed by atoms with Crippen molar-refractivity contribution in [1.82, 2.24) is 30.5 Å². The van der Waals surface area contributed by atoms with Crippen LogP contribution < -0.4 is 20.3 Å². The topological polar surface area (TPSA) is 187 Å². The predicted molar refractivity (Wildman–Crippen MR) is 274 cm³/mol. The minimum Gasteiger partial charge on any atom is -0.474 e. The average Bonchev–Trinajstić information content (AvgIpc) is 4.07. The number of morpholine rings is 1. The number of nitrogens with one attached hydrogen (secondary N) is 2. The second kappa shape index (κ2) is 26.1. The average molecular weight is 1050 g/mol. The number of halogens is 3. The number of likely N-dealkylation sites (tertiary alicyclic amines) is 1. The van der Waals surface area contributed by atoms with Gasteiger partial charge in [-0.15, -0.1) is 11.3 Å². The predicted octanol–water partition coefficient (Wildman–Crippen LogP) is 7.13. The maximum Gasteiger partial charge on any atom is 0.416 e. The number of anilines is 1. The van der Waals surface area contributed by atoms with Crippen LogP contribution >= 0.6 is 11.3 Å². The number of ketones is 1. The normalized spacial score (nSPS) is 17.0. The van der Waals surface area contributed by atoms with Crippen molar-refractivity contribution in [3.05, 3.63) is 113 Å². The summed E-state index contributed by atoms with van der Waals surface area (Å²) < 4.78 is 68.9. The largest absolute Gasteiger partial charge is 0.474 e. The number of aliphatic hydroxyl groups is 1. The van der Waals surface area contributed by atoms with Gasteiger partial charge in [0.2, 0.25) is 17.7 Å². The first-order chi connectivity index (χ1) is 35.5. The van der Waals surface area contributed by atoms with Gasteiger partial charge in [0.05, 0.1) is 87.0 Å².